The van der Waals surface area contributed by atoms with Gasteiger partial charge in [0.05, 0.1) is 12.2 Å². The Balaban J connectivity index is 1.92. The van der Waals surface area contributed by atoms with Gasteiger partial charge in [-0.3, -0.25) is 15.1 Å². The summed E-state index contributed by atoms with van der Waals surface area (Å²) in [5.74, 6) is -0.338. The number of allylic oxidation sites excluding steroid dienone is 1. The molecule has 3 N–H and O–H groups in total. The van der Waals surface area contributed by atoms with Crippen molar-refractivity contribution in [3.8, 4) is 0 Å². The highest BCUT2D eigenvalue weighted by atomic mass is 16.1. The normalized spacial score (nSPS) is 25.8. The van der Waals surface area contributed by atoms with Crippen LogP contribution in [0.1, 0.15) is 25.7 Å². The Morgan fingerprint density at radius 1 is 1.53 bits per heavy atom. The number of hydrogen-bond donors (Lipinski definition) is 2. The summed E-state index contributed by atoms with van der Waals surface area (Å²) >= 11 is 0. The first-order valence-electron chi connectivity index (χ1n) is 6.77. The van der Waals surface area contributed by atoms with E-state index in [2.05, 4.69) is 28.0 Å². The Labute approximate surface area is 113 Å². The molecule has 1 saturated heterocycles. The molecule has 3 aliphatic rings. The molecule has 0 unspecified atom stereocenters. The smallest absolute Gasteiger partial charge is 0.246 e. The number of fused-ring (bicyclic) bond motifs is 1. The van der Waals surface area contributed by atoms with Crippen molar-refractivity contribution in [1.82, 2.24) is 15.3 Å². The van der Waals surface area contributed by atoms with E-state index in [4.69, 9.17) is 5.73 Å². The number of nitrogens with zero attached hydrogens (tertiary/aromatic N) is 2. The molecule has 5 heteroatoms. The summed E-state index contributed by atoms with van der Waals surface area (Å²) in [6.45, 7) is 5.59. The molecule has 0 aromatic carbocycles. The maximum Gasteiger partial charge on any atom is 0.246 e. The number of carbonyl (C=O) groups excluding carboxylic acids is 1. The van der Waals surface area contributed by atoms with Crippen molar-refractivity contribution in [2.24, 2.45) is 5.73 Å². The number of primary amides is 1. The first-order valence-corrected chi connectivity index (χ1v) is 6.77. The number of nitrogens with two attached hydrogens (primary N) is 1. The van der Waals surface area contributed by atoms with Crippen LogP contribution in [-0.2, 0) is 4.79 Å². The van der Waals surface area contributed by atoms with Crippen molar-refractivity contribution in [3.63, 3.8) is 0 Å². The van der Waals surface area contributed by atoms with Gasteiger partial charge in [0.2, 0.25) is 5.91 Å². The van der Waals surface area contributed by atoms with Gasteiger partial charge in [0.25, 0.3) is 0 Å². The topological polar surface area (TPSA) is 61.6 Å². The Kier molecular flexibility index (Phi) is 2.95. The van der Waals surface area contributed by atoms with Crippen LogP contribution in [0, 0.1) is 0 Å². The molecule has 1 aliphatic carbocycles. The van der Waals surface area contributed by atoms with Crippen LogP contribution in [0.2, 0.25) is 0 Å². The second-order valence-electron chi connectivity index (χ2n) is 5.41. The molecule has 1 amide bonds. The second-order valence-corrected chi connectivity index (χ2v) is 5.41. The van der Waals surface area contributed by atoms with Gasteiger partial charge >= 0.3 is 0 Å². The highest BCUT2D eigenvalue weighted by Crippen LogP contribution is 2.41. The largest absolute Gasteiger partial charge is 0.366 e. The Bertz CT molecular complexity index is 476. The molecule has 0 atom stereocenters. The molecule has 3 rings (SSSR count). The molecular formula is C14H20N4O. The van der Waals surface area contributed by atoms with Gasteiger partial charge in [-0.25, -0.2) is 0 Å². The van der Waals surface area contributed by atoms with Gasteiger partial charge < -0.3 is 5.73 Å². The van der Waals surface area contributed by atoms with Crippen LogP contribution in [-0.4, -0.2) is 34.7 Å². The molecule has 2 heterocycles. The van der Waals surface area contributed by atoms with Gasteiger partial charge in [-0.2, -0.15) is 5.01 Å². The monoisotopic (exact) mass is 260 g/mol. The van der Waals surface area contributed by atoms with Crippen LogP contribution >= 0.6 is 0 Å². The third-order valence-corrected chi connectivity index (χ3v) is 4.39. The summed E-state index contributed by atoms with van der Waals surface area (Å²) in [5, 5.41) is 7.77. The van der Waals surface area contributed by atoms with Crippen molar-refractivity contribution in [1.29, 1.82) is 0 Å². The molecule has 1 saturated carbocycles. The van der Waals surface area contributed by atoms with Gasteiger partial charge in [-0.15, -0.1) is 6.58 Å². The van der Waals surface area contributed by atoms with Crippen molar-refractivity contribution in [2.75, 3.05) is 13.2 Å². The van der Waals surface area contributed by atoms with E-state index in [1.807, 2.05) is 12.3 Å². The molecule has 2 aliphatic heterocycles. The first kappa shape index (κ1) is 12.4. The highest BCUT2D eigenvalue weighted by Gasteiger charge is 2.44. The Hall–Kier alpha value is -1.59. The van der Waals surface area contributed by atoms with E-state index in [1.165, 1.54) is 12.1 Å². The van der Waals surface area contributed by atoms with Crippen molar-refractivity contribution in [3.05, 3.63) is 36.2 Å². The van der Waals surface area contributed by atoms with E-state index in [0.717, 1.165) is 26.1 Å². The minimum absolute atomic E-state index is 0.0170. The summed E-state index contributed by atoms with van der Waals surface area (Å²) in [6.07, 6.45) is 10.1. The Morgan fingerprint density at radius 3 is 2.89 bits per heavy atom. The second kappa shape index (κ2) is 4.51. The number of carbonyl (C=O) groups is 1. The van der Waals surface area contributed by atoms with E-state index in [9.17, 15) is 4.79 Å². The number of hydrogen-bond acceptors (Lipinski definition) is 4. The zero-order valence-electron chi connectivity index (χ0n) is 11.1. The summed E-state index contributed by atoms with van der Waals surface area (Å²) in [5.41, 5.74) is 7.27. The average molecular weight is 260 g/mol. The number of nitrogens with one attached hydrogen (secondary N) is 1. The molecule has 0 aromatic rings. The lowest BCUT2D eigenvalue weighted by atomic mass is 9.76. The third-order valence-electron chi connectivity index (χ3n) is 4.39. The molecule has 5 nitrogen and oxygen atoms in total. The highest BCUT2D eigenvalue weighted by molar-refractivity contribution is 5.92. The van der Waals surface area contributed by atoms with Crippen molar-refractivity contribution < 1.29 is 4.79 Å². The maximum absolute atomic E-state index is 11.4. The van der Waals surface area contributed by atoms with Crippen LogP contribution in [0.4, 0.5) is 0 Å². The lowest BCUT2D eigenvalue weighted by Gasteiger charge is -2.55. The minimum atomic E-state index is -0.338. The molecule has 0 aromatic heterocycles. The lowest BCUT2D eigenvalue weighted by molar-refractivity contribution is -0.115. The average Bonchev–Trinajstić information content (AvgIpc) is 2.37. The fourth-order valence-corrected chi connectivity index (χ4v) is 2.99. The van der Waals surface area contributed by atoms with E-state index < -0.39 is 0 Å². The van der Waals surface area contributed by atoms with E-state index in [1.54, 1.807) is 0 Å². The summed E-state index contributed by atoms with van der Waals surface area (Å²) < 4.78 is 0. The molecule has 102 valence electrons. The van der Waals surface area contributed by atoms with Gasteiger partial charge in [0.1, 0.15) is 0 Å². The van der Waals surface area contributed by atoms with Crippen molar-refractivity contribution >= 4 is 5.91 Å². The van der Waals surface area contributed by atoms with E-state index >= 15 is 0 Å². The Morgan fingerprint density at radius 2 is 2.32 bits per heavy atom. The van der Waals surface area contributed by atoms with Gasteiger partial charge in [0, 0.05) is 24.0 Å². The van der Waals surface area contributed by atoms with Crippen LogP contribution in [0.25, 0.3) is 0 Å². The van der Waals surface area contributed by atoms with Gasteiger partial charge in [-0.1, -0.05) is 12.2 Å². The third kappa shape index (κ3) is 1.89. The molecule has 2 fully saturated rings. The SMILES string of the molecule is C=CC1(N2CNCC3=CCC(C(N)=O)=CN32)CCC1. The first-order chi connectivity index (χ1) is 9.16. The lowest BCUT2D eigenvalue weighted by Crippen LogP contribution is -2.64. The summed E-state index contributed by atoms with van der Waals surface area (Å²) in [6, 6.07) is 0. The number of hydrazine groups is 1. The van der Waals surface area contributed by atoms with E-state index in [-0.39, 0.29) is 11.4 Å². The molecule has 19 heavy (non-hydrogen) atoms. The molecule has 0 bridgehead atoms. The van der Waals surface area contributed by atoms with E-state index in [0.29, 0.717) is 12.0 Å². The summed E-state index contributed by atoms with van der Waals surface area (Å²) in [7, 11) is 0. The van der Waals surface area contributed by atoms with Crippen LogP contribution in [0.3, 0.4) is 0 Å². The van der Waals surface area contributed by atoms with Gasteiger partial charge in [0.15, 0.2) is 0 Å². The predicted octanol–water partition coefficient (Wildman–Crippen LogP) is 0.832. The molecule has 0 spiro atoms. The van der Waals surface area contributed by atoms with Crippen LogP contribution in [0.5, 0.6) is 0 Å². The fourth-order valence-electron chi connectivity index (χ4n) is 2.99. The number of rotatable bonds is 3. The zero-order chi connectivity index (χ0) is 13.5. The number of amides is 1. The van der Waals surface area contributed by atoms with Crippen molar-refractivity contribution in [2.45, 2.75) is 31.2 Å². The molecular weight excluding hydrogens is 240 g/mol. The standard InChI is InChI=1S/C14H20N4O/c1-2-14(6-3-7-14)18-10-16-8-12-5-4-11(13(15)19)9-17(12)18/h2,5,9,16H,1,3-4,6-8,10H2,(H2,15,19). The maximum atomic E-state index is 11.4. The predicted molar refractivity (Wildman–Crippen MR) is 73.3 cm³/mol. The van der Waals surface area contributed by atoms with Gasteiger partial charge in [-0.05, 0) is 25.7 Å². The fraction of sp³-hybridized carbons (Fsp3) is 0.500. The minimum Gasteiger partial charge on any atom is -0.366 e. The van der Waals surface area contributed by atoms with Crippen LogP contribution < -0.4 is 11.1 Å². The summed E-state index contributed by atoms with van der Waals surface area (Å²) in [4.78, 5) is 11.4. The molecule has 0 radical (unpaired) electrons. The quantitative estimate of drug-likeness (QED) is 0.738. The van der Waals surface area contributed by atoms with Crippen LogP contribution in [0.15, 0.2) is 36.2 Å². The zero-order valence-corrected chi connectivity index (χ0v) is 11.1.